The summed E-state index contributed by atoms with van der Waals surface area (Å²) in [5, 5.41) is 11.0. The van der Waals surface area contributed by atoms with Gasteiger partial charge < -0.3 is 19.3 Å². The van der Waals surface area contributed by atoms with Gasteiger partial charge in [0, 0.05) is 12.3 Å². The van der Waals surface area contributed by atoms with Gasteiger partial charge >= 0.3 is 11.9 Å². The number of rotatable bonds is 8. The topological polar surface area (TPSA) is 99.1 Å². The summed E-state index contributed by atoms with van der Waals surface area (Å²) < 4.78 is 15.6. The van der Waals surface area contributed by atoms with Crippen molar-refractivity contribution in [3.05, 3.63) is 55.1 Å². The molecule has 0 saturated heterocycles. The first-order valence-electron chi connectivity index (χ1n) is 9.21. The minimum absolute atomic E-state index is 0.0598. The van der Waals surface area contributed by atoms with Crippen molar-refractivity contribution >= 4 is 17.7 Å². The van der Waals surface area contributed by atoms with Gasteiger partial charge in [-0.2, -0.15) is 0 Å². The molecule has 1 saturated carbocycles. The third kappa shape index (κ3) is 4.92. The lowest BCUT2D eigenvalue weighted by Crippen LogP contribution is -2.55. The molecule has 4 atom stereocenters. The first-order chi connectivity index (χ1) is 13.8. The van der Waals surface area contributed by atoms with Gasteiger partial charge in [-0.05, 0) is 24.6 Å². The molecule has 1 fully saturated rings. The summed E-state index contributed by atoms with van der Waals surface area (Å²) in [4.78, 5) is 38.4. The van der Waals surface area contributed by atoms with Crippen molar-refractivity contribution in [1.29, 1.82) is 0 Å². The summed E-state index contributed by atoms with van der Waals surface area (Å²) in [7, 11) is 1.48. The number of methoxy groups -OCH3 is 1. The van der Waals surface area contributed by atoms with Crippen LogP contribution in [0, 0.1) is 11.8 Å². The summed E-state index contributed by atoms with van der Waals surface area (Å²) in [6, 6.07) is 6.67. The van der Waals surface area contributed by atoms with E-state index >= 15 is 0 Å². The molecule has 7 heteroatoms. The average molecular weight is 402 g/mol. The van der Waals surface area contributed by atoms with Crippen LogP contribution in [0.2, 0.25) is 0 Å². The number of benzene rings is 1. The molecule has 29 heavy (non-hydrogen) atoms. The predicted octanol–water partition coefficient (Wildman–Crippen LogP) is 2.19. The summed E-state index contributed by atoms with van der Waals surface area (Å²) in [6.45, 7) is 8.26. The van der Waals surface area contributed by atoms with Gasteiger partial charge in [0.2, 0.25) is 0 Å². The molecule has 1 aromatic rings. The number of hydrogen-bond donors (Lipinski definition) is 1. The molecule has 0 aromatic heterocycles. The van der Waals surface area contributed by atoms with Crippen molar-refractivity contribution in [2.45, 2.75) is 24.9 Å². The Labute approximate surface area is 170 Å². The van der Waals surface area contributed by atoms with E-state index in [1.165, 1.54) is 26.2 Å². The highest BCUT2D eigenvalue weighted by Gasteiger charge is 2.57. The fraction of sp³-hybridized carbons (Fsp3) is 0.409. The zero-order valence-electron chi connectivity index (χ0n) is 16.6. The Morgan fingerprint density at radius 3 is 2.41 bits per heavy atom. The van der Waals surface area contributed by atoms with Gasteiger partial charge in [0.15, 0.2) is 5.78 Å². The van der Waals surface area contributed by atoms with E-state index in [1.54, 1.807) is 24.3 Å². The summed E-state index contributed by atoms with van der Waals surface area (Å²) in [5.74, 6) is -4.97. The molecular formula is C22H26O7. The lowest BCUT2D eigenvalue weighted by molar-refractivity contribution is -0.172. The number of carbonyl (C=O) groups excluding carboxylic acids is 3. The van der Waals surface area contributed by atoms with Crippen molar-refractivity contribution in [2.75, 3.05) is 20.3 Å². The van der Waals surface area contributed by atoms with Crippen molar-refractivity contribution in [3.8, 4) is 5.75 Å². The number of hydrogen-bond acceptors (Lipinski definition) is 7. The average Bonchev–Trinajstić information content (AvgIpc) is 2.68. The van der Waals surface area contributed by atoms with E-state index in [4.69, 9.17) is 14.2 Å². The van der Waals surface area contributed by atoms with Crippen molar-refractivity contribution in [2.24, 2.45) is 11.8 Å². The molecule has 2 rings (SSSR count). The molecule has 0 unspecified atom stereocenters. The minimum Gasteiger partial charge on any atom is -0.497 e. The fourth-order valence-corrected chi connectivity index (χ4v) is 3.73. The van der Waals surface area contributed by atoms with Crippen LogP contribution in [0.4, 0.5) is 0 Å². The predicted molar refractivity (Wildman–Crippen MR) is 105 cm³/mol. The maximum Gasteiger partial charge on any atom is 0.317 e. The van der Waals surface area contributed by atoms with Gasteiger partial charge in [-0.3, -0.25) is 14.4 Å². The van der Waals surface area contributed by atoms with Gasteiger partial charge in [-0.25, -0.2) is 0 Å². The van der Waals surface area contributed by atoms with Crippen LogP contribution in [0.1, 0.15) is 24.8 Å². The van der Waals surface area contributed by atoms with Crippen LogP contribution in [0.3, 0.4) is 0 Å². The lowest BCUT2D eigenvalue weighted by Gasteiger charge is -2.43. The van der Waals surface area contributed by atoms with Crippen molar-refractivity contribution in [1.82, 2.24) is 0 Å². The van der Waals surface area contributed by atoms with E-state index in [1.807, 2.05) is 0 Å². The van der Waals surface area contributed by atoms with Gasteiger partial charge in [0.25, 0.3) is 0 Å². The molecule has 1 aromatic carbocycles. The standard InChI is InChI=1S/C22H26O7/c1-5-10-28-20(24)18-16(23)13-22(3,26)19(21(25)29-11-6-2)17(18)14-8-7-9-15(12-14)27-4/h5-9,12,17-19,26H,1-2,10-11,13H2,3-4H3/t17-,18-,19-,22+/m1/s1. The van der Waals surface area contributed by atoms with E-state index in [0.717, 1.165) is 0 Å². The van der Waals surface area contributed by atoms with E-state index in [9.17, 15) is 19.5 Å². The minimum atomic E-state index is -1.71. The molecule has 0 amide bonds. The van der Waals surface area contributed by atoms with Crippen LogP contribution >= 0.6 is 0 Å². The quantitative estimate of drug-likeness (QED) is 0.404. The van der Waals surface area contributed by atoms with Crippen LogP contribution in [-0.2, 0) is 23.9 Å². The summed E-state index contributed by atoms with van der Waals surface area (Å²) in [5.41, 5.74) is -1.23. The van der Waals surface area contributed by atoms with Crippen LogP contribution in [0.5, 0.6) is 5.75 Å². The summed E-state index contributed by atoms with van der Waals surface area (Å²) >= 11 is 0. The molecule has 7 nitrogen and oxygen atoms in total. The molecule has 0 bridgehead atoms. The normalized spacial score (nSPS) is 26.3. The molecule has 0 aliphatic heterocycles. The fourth-order valence-electron chi connectivity index (χ4n) is 3.73. The Bertz CT molecular complexity index is 796. The third-order valence-electron chi connectivity index (χ3n) is 4.94. The number of ether oxygens (including phenoxy) is 3. The van der Waals surface area contributed by atoms with Crippen LogP contribution in [-0.4, -0.2) is 48.8 Å². The van der Waals surface area contributed by atoms with E-state index in [0.29, 0.717) is 11.3 Å². The Hall–Kier alpha value is -2.93. The third-order valence-corrected chi connectivity index (χ3v) is 4.94. The maximum absolute atomic E-state index is 12.9. The highest BCUT2D eigenvalue weighted by molar-refractivity contribution is 6.02. The Balaban J connectivity index is 2.60. The molecular weight excluding hydrogens is 376 g/mol. The monoisotopic (exact) mass is 402 g/mol. The second-order valence-electron chi connectivity index (χ2n) is 7.10. The molecule has 156 valence electrons. The first-order valence-corrected chi connectivity index (χ1v) is 9.21. The van der Waals surface area contributed by atoms with Crippen molar-refractivity contribution < 1.29 is 33.7 Å². The molecule has 1 aliphatic carbocycles. The number of ketones is 1. The van der Waals surface area contributed by atoms with Gasteiger partial charge in [-0.1, -0.05) is 37.4 Å². The maximum atomic E-state index is 12.9. The number of carbonyl (C=O) groups is 3. The van der Waals surface area contributed by atoms with Crippen LogP contribution in [0.15, 0.2) is 49.6 Å². The number of Topliss-reactive ketones (excluding diaryl/α,β-unsaturated/α-hetero) is 1. The zero-order valence-corrected chi connectivity index (χ0v) is 16.6. The SMILES string of the molecule is C=CCOC(=O)[C@@H]1C(=O)C[C@](C)(O)[C@@H](C(=O)OCC=C)[C@@H]1c1cccc(OC)c1. The second-order valence-corrected chi connectivity index (χ2v) is 7.10. The highest BCUT2D eigenvalue weighted by Crippen LogP contribution is 2.47. The zero-order chi connectivity index (χ0) is 21.6. The Kier molecular flexibility index (Phi) is 7.34. The number of aliphatic hydroxyl groups is 1. The molecule has 0 radical (unpaired) electrons. The lowest BCUT2D eigenvalue weighted by atomic mass is 9.61. The molecule has 1 aliphatic rings. The van der Waals surface area contributed by atoms with E-state index < -0.39 is 41.1 Å². The molecule has 1 N–H and O–H groups in total. The summed E-state index contributed by atoms with van der Waals surface area (Å²) in [6.07, 6.45) is 2.41. The van der Waals surface area contributed by atoms with Gasteiger partial charge in [0.05, 0.1) is 18.6 Å². The van der Waals surface area contributed by atoms with Gasteiger partial charge in [0.1, 0.15) is 24.9 Å². The highest BCUT2D eigenvalue weighted by atomic mass is 16.5. The smallest absolute Gasteiger partial charge is 0.317 e. The van der Waals surface area contributed by atoms with Gasteiger partial charge in [-0.15, -0.1) is 0 Å². The molecule has 0 heterocycles. The van der Waals surface area contributed by atoms with Crippen LogP contribution < -0.4 is 4.74 Å². The second kappa shape index (κ2) is 9.52. The first kappa shape index (κ1) is 22.4. The van der Waals surface area contributed by atoms with Crippen LogP contribution in [0.25, 0.3) is 0 Å². The number of esters is 2. The van der Waals surface area contributed by atoms with E-state index in [-0.39, 0.29) is 19.6 Å². The Morgan fingerprint density at radius 2 is 1.83 bits per heavy atom. The largest absolute Gasteiger partial charge is 0.497 e. The molecule has 0 spiro atoms. The van der Waals surface area contributed by atoms with Crippen molar-refractivity contribution in [3.63, 3.8) is 0 Å². The Morgan fingerprint density at radius 1 is 1.21 bits per heavy atom. The van der Waals surface area contributed by atoms with E-state index in [2.05, 4.69) is 13.2 Å².